The Bertz CT molecular complexity index is 594. The number of benzene rings is 1. The van der Waals surface area contributed by atoms with Gasteiger partial charge in [0.25, 0.3) is 5.91 Å². The summed E-state index contributed by atoms with van der Waals surface area (Å²) < 4.78 is 0. The zero-order chi connectivity index (χ0) is 14.5. The van der Waals surface area contributed by atoms with E-state index in [0.717, 1.165) is 11.4 Å². The van der Waals surface area contributed by atoms with Crippen LogP contribution in [-0.4, -0.2) is 35.0 Å². The van der Waals surface area contributed by atoms with Gasteiger partial charge >= 0.3 is 0 Å². The minimum atomic E-state index is -0.0493. The number of hydrogen-bond acceptors (Lipinski definition) is 4. The van der Waals surface area contributed by atoms with Crippen LogP contribution in [0.2, 0.25) is 0 Å². The van der Waals surface area contributed by atoms with Crippen LogP contribution in [0, 0.1) is 0 Å². The van der Waals surface area contributed by atoms with Crippen molar-refractivity contribution in [1.29, 1.82) is 0 Å². The molecule has 2 rings (SSSR count). The number of aromatic hydroxyl groups is 1. The molecule has 1 heterocycles. The van der Waals surface area contributed by atoms with E-state index in [1.54, 1.807) is 37.2 Å². The second-order valence-corrected chi connectivity index (χ2v) is 4.61. The number of hydrogen-bond donors (Lipinski definition) is 2. The quantitative estimate of drug-likeness (QED) is 0.893. The third-order valence-electron chi connectivity index (χ3n) is 2.83. The van der Waals surface area contributed by atoms with E-state index in [0.29, 0.717) is 12.1 Å². The van der Waals surface area contributed by atoms with Crippen molar-refractivity contribution in [3.8, 4) is 5.75 Å². The van der Waals surface area contributed by atoms with Crippen LogP contribution in [0.15, 0.2) is 42.6 Å². The van der Waals surface area contributed by atoms with Crippen LogP contribution in [0.4, 0.5) is 5.69 Å². The largest absolute Gasteiger partial charge is 0.506 e. The van der Waals surface area contributed by atoms with Gasteiger partial charge < -0.3 is 15.3 Å². The monoisotopic (exact) mass is 271 g/mol. The summed E-state index contributed by atoms with van der Waals surface area (Å²) in [4.78, 5) is 17.7. The van der Waals surface area contributed by atoms with Gasteiger partial charge in [0.05, 0.1) is 24.0 Å². The molecule has 2 N–H and O–H groups in total. The van der Waals surface area contributed by atoms with Crippen LogP contribution in [0.3, 0.4) is 0 Å². The van der Waals surface area contributed by atoms with Crippen LogP contribution in [0.5, 0.6) is 5.75 Å². The van der Waals surface area contributed by atoms with E-state index in [1.165, 1.54) is 6.20 Å². The molecule has 0 spiro atoms. The maximum atomic E-state index is 12.1. The highest BCUT2D eigenvalue weighted by Gasteiger charge is 2.12. The Labute approximate surface area is 117 Å². The minimum absolute atomic E-state index is 0.0493. The Balaban J connectivity index is 2.13. The fourth-order valence-corrected chi connectivity index (χ4v) is 1.77. The number of rotatable bonds is 4. The summed E-state index contributed by atoms with van der Waals surface area (Å²) in [5, 5.41) is 12.4. The second-order valence-electron chi connectivity index (χ2n) is 4.61. The molecule has 0 aliphatic heterocycles. The predicted octanol–water partition coefficient (Wildman–Crippen LogP) is 2.10. The fraction of sp³-hybridized carbons (Fsp3) is 0.200. The lowest BCUT2D eigenvalue weighted by atomic mass is 10.1. The number of amides is 1. The third-order valence-corrected chi connectivity index (χ3v) is 2.83. The normalized spacial score (nSPS) is 10.1. The smallest absolute Gasteiger partial charge is 0.255 e. The van der Waals surface area contributed by atoms with Gasteiger partial charge in [0.15, 0.2) is 0 Å². The number of pyridine rings is 1. The summed E-state index contributed by atoms with van der Waals surface area (Å²) in [7, 11) is 3.45. The van der Waals surface area contributed by atoms with Gasteiger partial charge in [0.2, 0.25) is 0 Å². The summed E-state index contributed by atoms with van der Waals surface area (Å²) in [6, 6.07) is 10.7. The summed E-state index contributed by atoms with van der Waals surface area (Å²) in [5.74, 6) is 0.0868. The third kappa shape index (κ3) is 3.26. The molecule has 0 radical (unpaired) electrons. The summed E-state index contributed by atoms with van der Waals surface area (Å²) >= 11 is 0. The van der Waals surface area contributed by atoms with Crippen molar-refractivity contribution in [2.24, 2.45) is 0 Å². The van der Waals surface area contributed by atoms with E-state index < -0.39 is 0 Å². The maximum Gasteiger partial charge on any atom is 0.255 e. The van der Waals surface area contributed by atoms with Crippen molar-refractivity contribution in [1.82, 2.24) is 9.88 Å². The zero-order valence-electron chi connectivity index (χ0n) is 11.5. The standard InChI is InChI=1S/C15H17N3O2/c1-18(2)15(20)13-5-3-4-6-14(13)17-9-11-7-8-12(19)10-16-11/h3-8,10,17,19H,9H2,1-2H3. The van der Waals surface area contributed by atoms with Crippen molar-refractivity contribution in [2.45, 2.75) is 6.54 Å². The maximum absolute atomic E-state index is 12.1. The number of nitrogens with zero attached hydrogens (tertiary/aromatic N) is 2. The number of carbonyl (C=O) groups is 1. The van der Waals surface area contributed by atoms with Gasteiger partial charge in [-0.2, -0.15) is 0 Å². The number of para-hydroxylation sites is 1. The second kappa shape index (κ2) is 6.06. The Morgan fingerprint density at radius 2 is 2.00 bits per heavy atom. The molecule has 0 aliphatic carbocycles. The first-order valence-electron chi connectivity index (χ1n) is 6.26. The molecule has 1 amide bonds. The molecule has 1 aromatic heterocycles. The molecule has 104 valence electrons. The minimum Gasteiger partial charge on any atom is -0.506 e. The van der Waals surface area contributed by atoms with Crippen LogP contribution >= 0.6 is 0 Å². The first-order chi connectivity index (χ1) is 9.58. The van der Waals surface area contributed by atoms with E-state index in [4.69, 9.17) is 0 Å². The van der Waals surface area contributed by atoms with Crippen LogP contribution in [0.1, 0.15) is 16.1 Å². The molecular weight excluding hydrogens is 254 g/mol. The molecule has 20 heavy (non-hydrogen) atoms. The lowest BCUT2D eigenvalue weighted by Gasteiger charge is -2.15. The summed E-state index contributed by atoms with van der Waals surface area (Å²) in [6.07, 6.45) is 1.40. The number of anilines is 1. The van der Waals surface area contributed by atoms with Crippen LogP contribution in [-0.2, 0) is 6.54 Å². The van der Waals surface area contributed by atoms with Gasteiger partial charge in [-0.1, -0.05) is 12.1 Å². The first kappa shape index (κ1) is 13.9. The van der Waals surface area contributed by atoms with Crippen molar-refractivity contribution in [3.05, 3.63) is 53.9 Å². The molecule has 1 aromatic carbocycles. The van der Waals surface area contributed by atoms with Gasteiger partial charge in [-0.05, 0) is 24.3 Å². The Morgan fingerprint density at radius 1 is 1.25 bits per heavy atom. The molecule has 0 bridgehead atoms. The Hall–Kier alpha value is -2.56. The van der Waals surface area contributed by atoms with E-state index >= 15 is 0 Å². The summed E-state index contributed by atoms with van der Waals surface area (Å²) in [5.41, 5.74) is 2.17. The highest BCUT2D eigenvalue weighted by Crippen LogP contribution is 2.17. The number of carbonyl (C=O) groups excluding carboxylic acids is 1. The average Bonchev–Trinajstić information content (AvgIpc) is 2.46. The van der Waals surface area contributed by atoms with Crippen LogP contribution in [0.25, 0.3) is 0 Å². The van der Waals surface area contributed by atoms with Gasteiger partial charge in [0, 0.05) is 19.8 Å². The fourth-order valence-electron chi connectivity index (χ4n) is 1.77. The van der Waals surface area contributed by atoms with Crippen molar-refractivity contribution in [2.75, 3.05) is 19.4 Å². The molecule has 0 unspecified atom stereocenters. The molecule has 5 heteroatoms. The summed E-state index contributed by atoms with van der Waals surface area (Å²) in [6.45, 7) is 0.484. The first-order valence-corrected chi connectivity index (χ1v) is 6.26. The lowest BCUT2D eigenvalue weighted by molar-refractivity contribution is 0.0828. The van der Waals surface area contributed by atoms with Crippen LogP contribution < -0.4 is 5.32 Å². The molecule has 0 atom stereocenters. The van der Waals surface area contributed by atoms with E-state index in [-0.39, 0.29) is 11.7 Å². The number of aromatic nitrogens is 1. The molecular formula is C15H17N3O2. The SMILES string of the molecule is CN(C)C(=O)c1ccccc1NCc1ccc(O)cn1. The van der Waals surface area contributed by atoms with Gasteiger partial charge in [-0.25, -0.2) is 0 Å². The van der Waals surface area contributed by atoms with Crippen molar-refractivity contribution in [3.63, 3.8) is 0 Å². The molecule has 0 fully saturated rings. The van der Waals surface area contributed by atoms with E-state index in [2.05, 4.69) is 10.3 Å². The van der Waals surface area contributed by atoms with Crippen molar-refractivity contribution < 1.29 is 9.90 Å². The lowest BCUT2D eigenvalue weighted by Crippen LogP contribution is -2.22. The zero-order valence-corrected chi connectivity index (χ0v) is 11.5. The van der Waals surface area contributed by atoms with Gasteiger partial charge in [0.1, 0.15) is 5.75 Å². The molecule has 0 aliphatic rings. The molecule has 0 saturated heterocycles. The van der Waals surface area contributed by atoms with Crippen molar-refractivity contribution >= 4 is 11.6 Å². The van der Waals surface area contributed by atoms with E-state index in [9.17, 15) is 9.90 Å². The van der Waals surface area contributed by atoms with Gasteiger partial charge in [-0.15, -0.1) is 0 Å². The number of nitrogens with one attached hydrogen (secondary N) is 1. The average molecular weight is 271 g/mol. The predicted molar refractivity (Wildman–Crippen MR) is 77.7 cm³/mol. The van der Waals surface area contributed by atoms with E-state index in [1.807, 2.05) is 18.2 Å². The topological polar surface area (TPSA) is 65.5 Å². The van der Waals surface area contributed by atoms with Gasteiger partial charge in [-0.3, -0.25) is 9.78 Å². The molecule has 5 nitrogen and oxygen atoms in total. The highest BCUT2D eigenvalue weighted by atomic mass is 16.3. The highest BCUT2D eigenvalue weighted by molar-refractivity contribution is 5.99. The molecule has 0 saturated carbocycles. The Kier molecular flexibility index (Phi) is 4.20. The Morgan fingerprint density at radius 3 is 2.65 bits per heavy atom. The molecule has 2 aromatic rings.